The van der Waals surface area contributed by atoms with E-state index in [2.05, 4.69) is 43.3 Å². The van der Waals surface area contributed by atoms with Gasteiger partial charge < -0.3 is 10.6 Å². The van der Waals surface area contributed by atoms with E-state index in [1.54, 1.807) is 0 Å². The highest BCUT2D eigenvalue weighted by Gasteiger charge is 2.46. The van der Waals surface area contributed by atoms with Gasteiger partial charge >= 0.3 is 0 Å². The molecule has 0 saturated heterocycles. The Balaban J connectivity index is 2.12. The molecule has 1 heterocycles. The van der Waals surface area contributed by atoms with Crippen molar-refractivity contribution in [2.24, 2.45) is 5.41 Å². The van der Waals surface area contributed by atoms with Crippen molar-refractivity contribution in [1.82, 2.24) is 10.3 Å². The molecule has 1 fully saturated rings. The summed E-state index contributed by atoms with van der Waals surface area (Å²) < 4.78 is 0. The number of anilines is 1. The SMILES string of the molecule is CCCNc1cc(C(=O)NC2CC2(C)C)cc(CCC)n1. The molecule has 1 unspecified atom stereocenters. The lowest BCUT2D eigenvalue weighted by molar-refractivity contribution is 0.0946. The first-order chi connectivity index (χ1) is 9.96. The van der Waals surface area contributed by atoms with Gasteiger partial charge in [0.2, 0.25) is 0 Å². The third-order valence-electron chi connectivity index (χ3n) is 4.02. The minimum absolute atomic E-state index is 0.0184. The second-order valence-corrected chi connectivity index (χ2v) is 6.63. The van der Waals surface area contributed by atoms with Crippen molar-refractivity contribution < 1.29 is 4.79 Å². The number of nitrogens with zero attached hydrogens (tertiary/aromatic N) is 1. The number of hydrogen-bond acceptors (Lipinski definition) is 3. The molecule has 1 aliphatic carbocycles. The van der Waals surface area contributed by atoms with Gasteiger partial charge in [-0.15, -0.1) is 0 Å². The van der Waals surface area contributed by atoms with Crippen LogP contribution in [0.4, 0.5) is 5.82 Å². The molecule has 0 radical (unpaired) electrons. The number of hydrogen-bond donors (Lipinski definition) is 2. The lowest BCUT2D eigenvalue weighted by Crippen LogP contribution is -2.28. The van der Waals surface area contributed by atoms with E-state index < -0.39 is 0 Å². The quantitative estimate of drug-likeness (QED) is 0.809. The molecule has 0 aliphatic heterocycles. The van der Waals surface area contributed by atoms with Gasteiger partial charge in [0, 0.05) is 23.8 Å². The van der Waals surface area contributed by atoms with Crippen LogP contribution in [-0.4, -0.2) is 23.5 Å². The first-order valence-corrected chi connectivity index (χ1v) is 8.02. The van der Waals surface area contributed by atoms with Gasteiger partial charge in [-0.1, -0.05) is 34.1 Å². The maximum atomic E-state index is 12.4. The van der Waals surface area contributed by atoms with Gasteiger partial charge in [0.15, 0.2) is 0 Å². The zero-order chi connectivity index (χ0) is 15.5. The second kappa shape index (κ2) is 6.46. The molecule has 2 N–H and O–H groups in total. The number of aryl methyl sites for hydroxylation is 1. The molecule has 0 spiro atoms. The standard InChI is InChI=1S/C17H27N3O/c1-5-7-13-9-12(10-15(19-13)18-8-6-2)16(21)20-14-11-17(14,3)4/h9-10,14H,5-8,11H2,1-4H3,(H,18,19)(H,20,21). The molecule has 1 amide bonds. The maximum Gasteiger partial charge on any atom is 0.251 e. The van der Waals surface area contributed by atoms with Crippen LogP contribution in [0.3, 0.4) is 0 Å². The van der Waals surface area contributed by atoms with Crippen molar-refractivity contribution in [3.05, 3.63) is 23.4 Å². The first kappa shape index (κ1) is 15.8. The van der Waals surface area contributed by atoms with E-state index in [1.807, 2.05) is 12.1 Å². The lowest BCUT2D eigenvalue weighted by Gasteiger charge is -2.11. The largest absolute Gasteiger partial charge is 0.370 e. The van der Waals surface area contributed by atoms with Crippen molar-refractivity contribution in [3.8, 4) is 0 Å². The Hall–Kier alpha value is -1.58. The average Bonchev–Trinajstić information content (AvgIpc) is 3.03. The van der Waals surface area contributed by atoms with E-state index in [0.29, 0.717) is 6.04 Å². The van der Waals surface area contributed by atoms with E-state index in [4.69, 9.17) is 0 Å². The molecule has 4 heteroatoms. The highest BCUT2D eigenvalue weighted by molar-refractivity contribution is 5.95. The number of amides is 1. The van der Waals surface area contributed by atoms with Crippen LogP contribution >= 0.6 is 0 Å². The topological polar surface area (TPSA) is 54.0 Å². The molecule has 0 bridgehead atoms. The molecule has 0 aromatic carbocycles. The summed E-state index contributed by atoms with van der Waals surface area (Å²) in [7, 11) is 0. The minimum atomic E-state index is 0.0184. The Labute approximate surface area is 127 Å². The monoisotopic (exact) mass is 289 g/mol. The molecule has 21 heavy (non-hydrogen) atoms. The molecule has 1 aromatic rings. The van der Waals surface area contributed by atoms with Gasteiger partial charge in [0.05, 0.1) is 0 Å². The molecule has 1 aromatic heterocycles. The predicted octanol–water partition coefficient (Wildman–Crippen LogP) is 3.38. The first-order valence-electron chi connectivity index (χ1n) is 8.02. The summed E-state index contributed by atoms with van der Waals surface area (Å²) in [5.41, 5.74) is 1.95. The summed E-state index contributed by atoms with van der Waals surface area (Å²) >= 11 is 0. The summed E-state index contributed by atoms with van der Waals surface area (Å²) in [5, 5.41) is 6.40. The molecule has 2 rings (SSSR count). The number of carbonyl (C=O) groups excluding carboxylic acids is 1. The Morgan fingerprint density at radius 1 is 1.33 bits per heavy atom. The van der Waals surface area contributed by atoms with Gasteiger partial charge in [0.25, 0.3) is 5.91 Å². The van der Waals surface area contributed by atoms with Gasteiger partial charge in [-0.25, -0.2) is 4.98 Å². The third kappa shape index (κ3) is 4.19. The molecule has 1 saturated carbocycles. The Morgan fingerprint density at radius 3 is 2.62 bits per heavy atom. The van der Waals surface area contributed by atoms with Crippen LogP contribution in [-0.2, 0) is 6.42 Å². The maximum absolute atomic E-state index is 12.4. The van der Waals surface area contributed by atoms with Crippen LogP contribution in [0.25, 0.3) is 0 Å². The minimum Gasteiger partial charge on any atom is -0.370 e. The number of nitrogens with one attached hydrogen (secondary N) is 2. The van der Waals surface area contributed by atoms with Crippen LogP contribution in [0.15, 0.2) is 12.1 Å². The van der Waals surface area contributed by atoms with E-state index in [1.165, 1.54) is 0 Å². The fourth-order valence-corrected chi connectivity index (χ4v) is 2.40. The predicted molar refractivity (Wildman–Crippen MR) is 86.7 cm³/mol. The molecule has 4 nitrogen and oxygen atoms in total. The molecular formula is C17H27N3O. The smallest absolute Gasteiger partial charge is 0.251 e. The fourth-order valence-electron chi connectivity index (χ4n) is 2.40. The zero-order valence-electron chi connectivity index (χ0n) is 13.6. The number of aromatic nitrogens is 1. The molecule has 1 aliphatic rings. The van der Waals surface area contributed by atoms with E-state index in [-0.39, 0.29) is 11.3 Å². The summed E-state index contributed by atoms with van der Waals surface area (Å²) in [6.07, 6.45) is 4.03. The highest BCUT2D eigenvalue weighted by atomic mass is 16.1. The summed E-state index contributed by atoms with van der Waals surface area (Å²) in [6.45, 7) is 9.48. The number of rotatable bonds is 7. The number of pyridine rings is 1. The average molecular weight is 289 g/mol. The van der Waals surface area contributed by atoms with Gasteiger partial charge in [0.1, 0.15) is 5.82 Å². The molecule has 116 valence electrons. The molecular weight excluding hydrogens is 262 g/mol. The van der Waals surface area contributed by atoms with Gasteiger partial charge in [-0.3, -0.25) is 4.79 Å². The number of carbonyl (C=O) groups is 1. The van der Waals surface area contributed by atoms with Crippen molar-refractivity contribution in [1.29, 1.82) is 0 Å². The summed E-state index contributed by atoms with van der Waals surface area (Å²) in [5.74, 6) is 0.827. The van der Waals surface area contributed by atoms with Crippen LogP contribution in [0.2, 0.25) is 0 Å². The van der Waals surface area contributed by atoms with Crippen LogP contribution < -0.4 is 10.6 Å². The van der Waals surface area contributed by atoms with Crippen molar-refractivity contribution in [2.45, 2.75) is 59.4 Å². The Morgan fingerprint density at radius 2 is 2.05 bits per heavy atom. The van der Waals surface area contributed by atoms with Crippen LogP contribution in [0, 0.1) is 5.41 Å². The van der Waals surface area contributed by atoms with Crippen molar-refractivity contribution in [3.63, 3.8) is 0 Å². The Kier molecular flexibility index (Phi) is 4.86. The second-order valence-electron chi connectivity index (χ2n) is 6.63. The van der Waals surface area contributed by atoms with Crippen molar-refractivity contribution in [2.75, 3.05) is 11.9 Å². The normalized spacial score (nSPS) is 19.1. The van der Waals surface area contributed by atoms with Crippen LogP contribution in [0.1, 0.15) is 63.0 Å². The Bertz CT molecular complexity index is 511. The molecule has 1 atom stereocenters. The van der Waals surface area contributed by atoms with Gasteiger partial charge in [-0.2, -0.15) is 0 Å². The lowest BCUT2D eigenvalue weighted by atomic mass is 10.1. The van der Waals surface area contributed by atoms with Crippen molar-refractivity contribution >= 4 is 11.7 Å². The summed E-state index contributed by atoms with van der Waals surface area (Å²) in [4.78, 5) is 17.0. The van der Waals surface area contributed by atoms with Crippen LogP contribution in [0.5, 0.6) is 0 Å². The summed E-state index contributed by atoms with van der Waals surface area (Å²) in [6, 6.07) is 4.09. The van der Waals surface area contributed by atoms with E-state index >= 15 is 0 Å². The zero-order valence-corrected chi connectivity index (χ0v) is 13.6. The fraction of sp³-hybridized carbons (Fsp3) is 0.647. The van der Waals surface area contributed by atoms with Gasteiger partial charge in [-0.05, 0) is 36.8 Å². The highest BCUT2D eigenvalue weighted by Crippen LogP contribution is 2.44. The van der Waals surface area contributed by atoms with E-state index in [9.17, 15) is 4.79 Å². The van der Waals surface area contributed by atoms with E-state index in [0.717, 1.165) is 49.3 Å². The third-order valence-corrected chi connectivity index (χ3v) is 4.02.